The van der Waals surface area contributed by atoms with Gasteiger partial charge in [0.25, 0.3) is 0 Å². The van der Waals surface area contributed by atoms with Crippen LogP contribution in [0.2, 0.25) is 0 Å². The van der Waals surface area contributed by atoms with Crippen LogP contribution in [-0.2, 0) is 32.5 Å². The Bertz CT molecular complexity index is 529. The summed E-state index contributed by atoms with van der Waals surface area (Å²) in [6.45, 7) is 12.9. The van der Waals surface area contributed by atoms with E-state index < -0.39 is 18.8 Å². The predicted molar refractivity (Wildman–Crippen MR) is 106 cm³/mol. The number of phosphoric acid groups is 1. The maximum atomic E-state index is 12.7. The lowest BCUT2D eigenvalue weighted by Crippen LogP contribution is -2.39. The van der Waals surface area contributed by atoms with Gasteiger partial charge in [-0.15, -0.1) is 0 Å². The van der Waals surface area contributed by atoms with Crippen LogP contribution < -0.4 is 0 Å². The van der Waals surface area contributed by atoms with Crippen molar-refractivity contribution in [3.63, 3.8) is 0 Å². The number of ether oxygens (including phenoxy) is 2. The van der Waals surface area contributed by atoms with Crippen molar-refractivity contribution in [3.05, 3.63) is 0 Å². The van der Waals surface area contributed by atoms with Crippen molar-refractivity contribution in [2.24, 2.45) is 5.41 Å². The summed E-state index contributed by atoms with van der Waals surface area (Å²) < 4.78 is 39.3. The molecule has 28 heavy (non-hydrogen) atoms. The van der Waals surface area contributed by atoms with Gasteiger partial charge in [0.05, 0.1) is 30.8 Å². The zero-order valence-corrected chi connectivity index (χ0v) is 19.3. The quantitative estimate of drug-likeness (QED) is 0.215. The van der Waals surface area contributed by atoms with E-state index in [2.05, 4.69) is 4.90 Å². The van der Waals surface area contributed by atoms with Crippen molar-refractivity contribution in [3.8, 4) is 0 Å². The molecule has 1 aliphatic heterocycles. The van der Waals surface area contributed by atoms with Crippen LogP contribution in [0, 0.1) is 5.41 Å². The second-order valence-corrected chi connectivity index (χ2v) is 10.1. The first-order chi connectivity index (χ1) is 12.8. The fourth-order valence-electron chi connectivity index (χ4n) is 2.45. The van der Waals surface area contributed by atoms with Gasteiger partial charge in [0, 0.05) is 27.2 Å². The fraction of sp³-hybridized carbons (Fsp3) is 0.944. The summed E-state index contributed by atoms with van der Waals surface area (Å²) >= 11 is 0. The Balaban J connectivity index is 2.42. The molecule has 0 N–H and O–H groups in total. The number of phosphoric ester groups is 1. The molecule has 0 radical (unpaired) electrons. The van der Waals surface area contributed by atoms with Crippen molar-refractivity contribution in [1.82, 2.24) is 9.96 Å². The van der Waals surface area contributed by atoms with Crippen LogP contribution in [-0.4, -0.2) is 81.7 Å². The number of morpholine rings is 1. The van der Waals surface area contributed by atoms with E-state index >= 15 is 0 Å². The van der Waals surface area contributed by atoms with Crippen LogP contribution in [0.25, 0.3) is 0 Å². The van der Waals surface area contributed by atoms with Crippen LogP contribution in [0.1, 0.15) is 41.0 Å². The summed E-state index contributed by atoms with van der Waals surface area (Å²) in [6, 6.07) is 0. The van der Waals surface area contributed by atoms with Crippen molar-refractivity contribution < 1.29 is 32.5 Å². The molecule has 1 rings (SSSR count). The SMILES string of the molecule is CN(C)OP(=O)(OCCOC(=O)C(C)(C)CCN1CCOCC1)OC(C)(C)C. The topological polar surface area (TPSA) is 86.8 Å². The Morgan fingerprint density at radius 3 is 2.25 bits per heavy atom. The summed E-state index contributed by atoms with van der Waals surface area (Å²) in [5.74, 6) is -0.315. The molecule has 0 aromatic carbocycles. The summed E-state index contributed by atoms with van der Waals surface area (Å²) in [6.07, 6.45) is 0.683. The standard InChI is InChI=1S/C18H37N2O7P/c1-17(2,3)26-28(22,27-19(6)7)25-15-14-24-16(21)18(4,5)8-9-20-10-12-23-13-11-20/h8-15H2,1-7H3. The molecule has 1 fully saturated rings. The number of hydrogen-bond acceptors (Lipinski definition) is 9. The minimum atomic E-state index is -3.81. The van der Waals surface area contributed by atoms with E-state index in [1.165, 1.54) is 5.06 Å². The maximum absolute atomic E-state index is 12.7. The Morgan fingerprint density at radius 1 is 1.11 bits per heavy atom. The number of rotatable bonds is 11. The molecular weight excluding hydrogens is 387 g/mol. The van der Waals surface area contributed by atoms with Gasteiger partial charge in [-0.1, -0.05) is 0 Å². The van der Waals surface area contributed by atoms with Gasteiger partial charge in [0.2, 0.25) is 0 Å². The molecule has 0 bridgehead atoms. The van der Waals surface area contributed by atoms with Crippen LogP contribution >= 0.6 is 7.82 Å². The molecule has 1 aliphatic rings. The molecule has 10 heteroatoms. The number of nitrogens with zero attached hydrogens (tertiary/aromatic N) is 2. The average molecular weight is 424 g/mol. The molecule has 1 saturated heterocycles. The van der Waals surface area contributed by atoms with Gasteiger partial charge in [0.1, 0.15) is 6.61 Å². The second-order valence-electron chi connectivity index (χ2n) is 8.60. The third kappa shape index (κ3) is 10.3. The minimum absolute atomic E-state index is 0.0336. The molecule has 9 nitrogen and oxygen atoms in total. The number of hydroxylamine groups is 2. The highest BCUT2D eigenvalue weighted by Gasteiger charge is 2.35. The summed E-state index contributed by atoms with van der Waals surface area (Å²) in [5, 5.41) is 1.26. The van der Waals surface area contributed by atoms with Gasteiger partial charge in [-0.25, -0.2) is 4.57 Å². The Morgan fingerprint density at radius 2 is 1.71 bits per heavy atom. The normalized spacial score (nSPS) is 18.9. The van der Waals surface area contributed by atoms with Crippen LogP contribution in [0.15, 0.2) is 0 Å². The lowest BCUT2D eigenvalue weighted by atomic mass is 9.89. The third-order valence-corrected chi connectivity index (χ3v) is 5.72. The monoisotopic (exact) mass is 424 g/mol. The van der Waals surface area contributed by atoms with Gasteiger partial charge < -0.3 is 9.47 Å². The summed E-state index contributed by atoms with van der Waals surface area (Å²) in [4.78, 5) is 14.7. The number of esters is 1. The molecule has 0 aromatic heterocycles. The predicted octanol–water partition coefficient (Wildman–Crippen LogP) is 2.71. The van der Waals surface area contributed by atoms with E-state index in [0.717, 1.165) is 32.8 Å². The lowest BCUT2D eigenvalue weighted by molar-refractivity contribution is -0.156. The van der Waals surface area contributed by atoms with Crippen LogP contribution in [0.5, 0.6) is 0 Å². The van der Waals surface area contributed by atoms with Gasteiger partial charge >= 0.3 is 13.8 Å². The molecule has 0 amide bonds. The number of carbonyl (C=O) groups is 1. The van der Waals surface area contributed by atoms with E-state index in [0.29, 0.717) is 6.42 Å². The smallest absolute Gasteiger partial charge is 0.463 e. The first-order valence-electron chi connectivity index (χ1n) is 9.63. The molecule has 1 heterocycles. The van der Waals surface area contributed by atoms with Gasteiger partial charge in [-0.2, -0.15) is 9.69 Å². The van der Waals surface area contributed by atoms with E-state index in [9.17, 15) is 9.36 Å². The first-order valence-corrected chi connectivity index (χ1v) is 11.1. The molecule has 1 atom stereocenters. The van der Waals surface area contributed by atoms with Crippen molar-refractivity contribution in [2.45, 2.75) is 46.6 Å². The van der Waals surface area contributed by atoms with E-state index in [4.69, 9.17) is 23.1 Å². The molecule has 0 aromatic rings. The number of hydrogen-bond donors (Lipinski definition) is 0. The van der Waals surface area contributed by atoms with Gasteiger partial charge in [0.15, 0.2) is 0 Å². The van der Waals surface area contributed by atoms with Crippen molar-refractivity contribution >= 4 is 13.8 Å². The fourth-order valence-corrected chi connectivity index (χ4v) is 3.95. The van der Waals surface area contributed by atoms with E-state index in [-0.39, 0.29) is 19.2 Å². The van der Waals surface area contributed by atoms with E-state index in [1.54, 1.807) is 34.9 Å². The summed E-state index contributed by atoms with van der Waals surface area (Å²) in [5.41, 5.74) is -1.34. The average Bonchev–Trinajstić information content (AvgIpc) is 2.55. The Hall–Kier alpha value is -0.540. The minimum Gasteiger partial charge on any atom is -0.463 e. The highest BCUT2D eigenvalue weighted by Crippen LogP contribution is 2.52. The molecule has 1 unspecified atom stereocenters. The highest BCUT2D eigenvalue weighted by atomic mass is 31.2. The van der Waals surface area contributed by atoms with Gasteiger partial charge in [-0.3, -0.25) is 18.7 Å². The molecule has 0 saturated carbocycles. The van der Waals surface area contributed by atoms with Gasteiger partial charge in [-0.05, 0) is 47.6 Å². The maximum Gasteiger partial charge on any atom is 0.492 e. The highest BCUT2D eigenvalue weighted by molar-refractivity contribution is 7.48. The molecule has 0 aliphatic carbocycles. The van der Waals surface area contributed by atoms with Crippen molar-refractivity contribution in [1.29, 1.82) is 0 Å². The summed E-state index contributed by atoms with van der Waals surface area (Å²) in [7, 11) is -0.648. The Labute approximate surface area is 169 Å². The largest absolute Gasteiger partial charge is 0.492 e. The van der Waals surface area contributed by atoms with Crippen LogP contribution in [0.4, 0.5) is 0 Å². The molecule has 0 spiro atoms. The molecular formula is C18H37N2O7P. The first kappa shape index (κ1) is 25.5. The molecule has 166 valence electrons. The third-order valence-electron chi connectivity index (χ3n) is 3.92. The van der Waals surface area contributed by atoms with E-state index in [1.807, 2.05) is 13.8 Å². The zero-order chi connectivity index (χ0) is 21.4. The second kappa shape index (κ2) is 11.0. The number of carbonyl (C=O) groups excluding carboxylic acids is 1. The zero-order valence-electron chi connectivity index (χ0n) is 18.4. The lowest BCUT2D eigenvalue weighted by Gasteiger charge is -2.30. The van der Waals surface area contributed by atoms with Crippen molar-refractivity contribution in [2.75, 3.05) is 60.2 Å². The Kier molecular flexibility index (Phi) is 10.0. The van der Waals surface area contributed by atoms with Crippen LogP contribution in [0.3, 0.4) is 0 Å².